The fourth-order valence-corrected chi connectivity index (χ4v) is 3.17. The van der Waals surface area contributed by atoms with E-state index in [1.807, 2.05) is 48.2 Å². The van der Waals surface area contributed by atoms with E-state index in [1.165, 1.54) is 0 Å². The topological polar surface area (TPSA) is 84.2 Å². The second-order valence-corrected chi connectivity index (χ2v) is 6.31. The molecule has 7 heteroatoms. The van der Waals surface area contributed by atoms with Crippen LogP contribution in [-0.4, -0.2) is 32.5 Å². The number of rotatable bonds is 4. The third kappa shape index (κ3) is 3.28. The lowest BCUT2D eigenvalue weighted by Crippen LogP contribution is -2.30. The average molecular weight is 349 g/mol. The Hall–Kier alpha value is -3.22. The monoisotopic (exact) mass is 349 g/mol. The zero-order valence-corrected chi connectivity index (χ0v) is 14.4. The summed E-state index contributed by atoms with van der Waals surface area (Å²) in [6, 6.07) is 11.5. The predicted octanol–water partition coefficient (Wildman–Crippen LogP) is 3.49. The first kappa shape index (κ1) is 16.3. The fraction of sp³-hybridized carbons (Fsp3) is 0.263. The molecule has 1 N–H and O–H groups in total. The van der Waals surface area contributed by atoms with Crippen molar-refractivity contribution in [3.8, 4) is 0 Å². The van der Waals surface area contributed by atoms with Crippen LogP contribution in [0.5, 0.6) is 0 Å². The van der Waals surface area contributed by atoms with Gasteiger partial charge in [0.25, 0.3) is 5.91 Å². The van der Waals surface area contributed by atoms with Crippen molar-refractivity contribution in [1.29, 1.82) is 0 Å². The van der Waals surface area contributed by atoms with Crippen LogP contribution in [0.1, 0.15) is 40.7 Å². The van der Waals surface area contributed by atoms with Crippen LogP contribution in [0.3, 0.4) is 0 Å². The number of aryl methyl sites for hydroxylation is 1. The lowest BCUT2D eigenvalue weighted by Gasteiger charge is -2.22. The standard InChI is InChI=1S/C19H19N5O2/c1-13-10-17(26-23-13)16-8-5-9-24(16)18(25)14-11-20-19(21-12-14)22-15-6-3-2-4-7-15/h2-4,6-7,10-12,16H,5,8-9H2,1H3,(H,20,21,22)/t16-/m0/s1. The number of hydrogen-bond donors (Lipinski definition) is 1. The molecule has 132 valence electrons. The van der Waals surface area contributed by atoms with Gasteiger partial charge in [-0.2, -0.15) is 0 Å². The Balaban J connectivity index is 1.49. The lowest BCUT2D eigenvalue weighted by molar-refractivity contribution is 0.0713. The summed E-state index contributed by atoms with van der Waals surface area (Å²) in [4.78, 5) is 23.2. The summed E-state index contributed by atoms with van der Waals surface area (Å²) < 4.78 is 5.36. The number of carbonyl (C=O) groups is 1. The van der Waals surface area contributed by atoms with E-state index in [0.717, 1.165) is 30.0 Å². The zero-order chi connectivity index (χ0) is 17.9. The van der Waals surface area contributed by atoms with Gasteiger partial charge >= 0.3 is 0 Å². The quantitative estimate of drug-likeness (QED) is 0.776. The number of aromatic nitrogens is 3. The van der Waals surface area contributed by atoms with Crippen molar-refractivity contribution >= 4 is 17.5 Å². The van der Waals surface area contributed by atoms with Crippen LogP contribution in [0.2, 0.25) is 0 Å². The normalized spacial score (nSPS) is 16.7. The van der Waals surface area contributed by atoms with Gasteiger partial charge in [0, 0.05) is 30.7 Å². The van der Waals surface area contributed by atoms with Gasteiger partial charge in [0.15, 0.2) is 5.76 Å². The summed E-state index contributed by atoms with van der Waals surface area (Å²) >= 11 is 0. The number of para-hydroxylation sites is 1. The Labute approximate surface area is 151 Å². The fourth-order valence-electron chi connectivity index (χ4n) is 3.17. The predicted molar refractivity (Wildman–Crippen MR) is 96.0 cm³/mol. The molecule has 3 heterocycles. The molecule has 0 aliphatic carbocycles. The molecule has 0 saturated carbocycles. The number of anilines is 2. The van der Waals surface area contributed by atoms with E-state index in [9.17, 15) is 4.79 Å². The summed E-state index contributed by atoms with van der Waals surface area (Å²) in [6.45, 7) is 2.56. The SMILES string of the molecule is Cc1cc([C@@H]2CCCN2C(=O)c2cnc(Nc3ccccc3)nc2)on1. The highest BCUT2D eigenvalue weighted by Gasteiger charge is 2.33. The van der Waals surface area contributed by atoms with Crippen molar-refractivity contribution in [2.24, 2.45) is 0 Å². The summed E-state index contributed by atoms with van der Waals surface area (Å²) in [5, 5.41) is 7.04. The molecular formula is C19H19N5O2. The average Bonchev–Trinajstić information content (AvgIpc) is 3.31. The minimum absolute atomic E-state index is 0.0779. The largest absolute Gasteiger partial charge is 0.359 e. The van der Waals surface area contributed by atoms with E-state index in [2.05, 4.69) is 20.4 Å². The number of likely N-dealkylation sites (tertiary alicyclic amines) is 1. The van der Waals surface area contributed by atoms with Crippen LogP contribution in [-0.2, 0) is 0 Å². The minimum Gasteiger partial charge on any atom is -0.359 e. The van der Waals surface area contributed by atoms with Crippen LogP contribution in [0.25, 0.3) is 0 Å². The highest BCUT2D eigenvalue weighted by Crippen LogP contribution is 2.33. The van der Waals surface area contributed by atoms with E-state index in [0.29, 0.717) is 18.1 Å². The molecule has 26 heavy (non-hydrogen) atoms. The van der Waals surface area contributed by atoms with E-state index < -0.39 is 0 Å². The Morgan fingerprint density at radius 2 is 2.00 bits per heavy atom. The second-order valence-electron chi connectivity index (χ2n) is 6.31. The number of nitrogens with zero attached hydrogens (tertiary/aromatic N) is 4. The first-order valence-electron chi connectivity index (χ1n) is 8.59. The summed E-state index contributed by atoms with van der Waals surface area (Å²) in [5.41, 5.74) is 2.18. The number of amides is 1. The summed E-state index contributed by atoms with van der Waals surface area (Å²) in [5.74, 6) is 1.10. The lowest BCUT2D eigenvalue weighted by atomic mass is 10.1. The highest BCUT2D eigenvalue weighted by molar-refractivity contribution is 5.94. The first-order valence-corrected chi connectivity index (χ1v) is 8.59. The molecule has 2 aromatic heterocycles. The van der Waals surface area contributed by atoms with Gasteiger partial charge in [-0.25, -0.2) is 9.97 Å². The summed E-state index contributed by atoms with van der Waals surface area (Å²) in [7, 11) is 0. The Morgan fingerprint density at radius 1 is 1.23 bits per heavy atom. The summed E-state index contributed by atoms with van der Waals surface area (Å²) in [6.07, 6.45) is 4.92. The molecule has 1 amide bonds. The Kier molecular flexibility index (Phi) is 4.35. The van der Waals surface area contributed by atoms with Crippen LogP contribution < -0.4 is 5.32 Å². The molecule has 1 fully saturated rings. The molecule has 1 aliphatic heterocycles. The van der Waals surface area contributed by atoms with Crippen molar-refractivity contribution in [1.82, 2.24) is 20.0 Å². The van der Waals surface area contributed by atoms with Gasteiger partial charge in [0.2, 0.25) is 5.95 Å². The maximum Gasteiger partial charge on any atom is 0.257 e. The molecule has 1 aliphatic rings. The molecule has 7 nitrogen and oxygen atoms in total. The molecule has 0 radical (unpaired) electrons. The van der Waals surface area contributed by atoms with Crippen LogP contribution in [0.4, 0.5) is 11.6 Å². The maximum atomic E-state index is 12.9. The molecule has 0 unspecified atom stereocenters. The number of carbonyl (C=O) groups excluding carboxylic acids is 1. The molecular weight excluding hydrogens is 330 g/mol. The van der Waals surface area contributed by atoms with E-state index in [-0.39, 0.29) is 11.9 Å². The molecule has 4 rings (SSSR count). The highest BCUT2D eigenvalue weighted by atomic mass is 16.5. The van der Waals surface area contributed by atoms with Gasteiger partial charge < -0.3 is 14.7 Å². The number of hydrogen-bond acceptors (Lipinski definition) is 6. The molecule has 1 atom stereocenters. The molecule has 0 bridgehead atoms. The van der Waals surface area contributed by atoms with Crippen molar-refractivity contribution in [2.45, 2.75) is 25.8 Å². The molecule has 0 spiro atoms. The van der Waals surface area contributed by atoms with Crippen LogP contribution in [0, 0.1) is 6.92 Å². The third-order valence-electron chi connectivity index (χ3n) is 4.42. The van der Waals surface area contributed by atoms with Gasteiger partial charge in [-0.15, -0.1) is 0 Å². The Bertz CT molecular complexity index is 892. The van der Waals surface area contributed by atoms with Gasteiger partial charge in [0.05, 0.1) is 17.3 Å². The van der Waals surface area contributed by atoms with E-state index in [4.69, 9.17) is 4.52 Å². The van der Waals surface area contributed by atoms with Crippen molar-refractivity contribution in [3.63, 3.8) is 0 Å². The smallest absolute Gasteiger partial charge is 0.257 e. The van der Waals surface area contributed by atoms with E-state index in [1.54, 1.807) is 12.4 Å². The maximum absolute atomic E-state index is 12.9. The van der Waals surface area contributed by atoms with Gasteiger partial charge in [0.1, 0.15) is 0 Å². The van der Waals surface area contributed by atoms with Crippen LogP contribution in [0.15, 0.2) is 53.3 Å². The number of nitrogens with one attached hydrogen (secondary N) is 1. The second kappa shape index (κ2) is 6.95. The van der Waals surface area contributed by atoms with Gasteiger partial charge in [-0.1, -0.05) is 23.4 Å². The molecule has 1 saturated heterocycles. The number of benzene rings is 1. The Morgan fingerprint density at radius 3 is 2.69 bits per heavy atom. The zero-order valence-electron chi connectivity index (χ0n) is 14.4. The minimum atomic E-state index is -0.0900. The van der Waals surface area contributed by atoms with Crippen molar-refractivity contribution in [2.75, 3.05) is 11.9 Å². The first-order chi connectivity index (χ1) is 12.7. The van der Waals surface area contributed by atoms with Gasteiger partial charge in [-0.05, 0) is 31.9 Å². The van der Waals surface area contributed by atoms with Gasteiger partial charge in [-0.3, -0.25) is 4.79 Å². The van der Waals surface area contributed by atoms with E-state index >= 15 is 0 Å². The van der Waals surface area contributed by atoms with Crippen molar-refractivity contribution < 1.29 is 9.32 Å². The van der Waals surface area contributed by atoms with Crippen molar-refractivity contribution in [3.05, 3.63) is 65.8 Å². The third-order valence-corrected chi connectivity index (χ3v) is 4.42. The molecule has 1 aromatic carbocycles. The van der Waals surface area contributed by atoms with Crippen LogP contribution >= 0.6 is 0 Å². The molecule has 3 aromatic rings.